The minimum atomic E-state index is -0.786. The molecular weight excluding hydrogens is 512 g/mol. The highest BCUT2D eigenvalue weighted by molar-refractivity contribution is 8.27. The van der Waals surface area contributed by atoms with Crippen LogP contribution < -0.4 is 9.64 Å². The quantitative estimate of drug-likeness (QED) is 0.164. The number of thiocarbonyl (C=S) groups is 1. The Labute approximate surface area is 211 Å². The van der Waals surface area contributed by atoms with Crippen molar-refractivity contribution in [1.29, 1.82) is 0 Å². The van der Waals surface area contributed by atoms with Crippen LogP contribution in [0.15, 0.2) is 71.6 Å². The maximum atomic E-state index is 13.0. The van der Waals surface area contributed by atoms with Gasteiger partial charge in [-0.15, -0.1) is 0 Å². The first-order chi connectivity index (χ1) is 17.1. The highest BCUT2D eigenvalue weighted by atomic mass is 32.2. The number of anilines is 1. The van der Waals surface area contributed by atoms with Crippen LogP contribution in [0.5, 0.6) is 11.5 Å². The van der Waals surface area contributed by atoms with Crippen LogP contribution in [0, 0.1) is 30.3 Å². The SMILES string of the molecule is O=C1/C(=C/c2cccc(Oc3ccc([N+](=O)[O-])cc3[N+](=O)[O-])c2)SC(=S)N1c1cccc([N+](=O)[O-])c1. The lowest BCUT2D eigenvalue weighted by Crippen LogP contribution is -2.27. The number of nitrogens with zero attached hydrogens (tertiary/aromatic N) is 4. The number of ether oxygens (including phenoxy) is 1. The molecule has 1 amide bonds. The van der Waals surface area contributed by atoms with E-state index in [1.165, 1.54) is 47.4 Å². The van der Waals surface area contributed by atoms with E-state index in [2.05, 4.69) is 0 Å². The third-order valence-electron chi connectivity index (χ3n) is 4.83. The first-order valence-corrected chi connectivity index (χ1v) is 11.1. The molecule has 0 unspecified atom stereocenters. The smallest absolute Gasteiger partial charge is 0.318 e. The zero-order chi connectivity index (χ0) is 26.0. The van der Waals surface area contributed by atoms with E-state index in [4.69, 9.17) is 17.0 Å². The van der Waals surface area contributed by atoms with Crippen molar-refractivity contribution in [3.8, 4) is 11.5 Å². The monoisotopic (exact) mass is 524 g/mol. The lowest BCUT2D eigenvalue weighted by Gasteiger charge is -2.13. The number of nitro benzene ring substituents is 3. The maximum absolute atomic E-state index is 13.0. The summed E-state index contributed by atoms with van der Waals surface area (Å²) in [5.41, 5.74) is -0.439. The zero-order valence-electron chi connectivity index (χ0n) is 17.8. The van der Waals surface area contributed by atoms with Crippen LogP contribution in [0.4, 0.5) is 22.7 Å². The Morgan fingerprint density at radius 1 is 0.861 bits per heavy atom. The van der Waals surface area contributed by atoms with Crippen molar-refractivity contribution < 1.29 is 24.3 Å². The Morgan fingerprint density at radius 3 is 2.25 bits per heavy atom. The topological polar surface area (TPSA) is 159 Å². The second-order valence-corrected chi connectivity index (χ2v) is 8.81. The van der Waals surface area contributed by atoms with Gasteiger partial charge in [-0.3, -0.25) is 40.0 Å². The van der Waals surface area contributed by atoms with E-state index in [0.717, 1.165) is 30.0 Å². The molecule has 14 heteroatoms. The van der Waals surface area contributed by atoms with Gasteiger partial charge in [0.25, 0.3) is 17.3 Å². The second kappa shape index (κ2) is 9.89. The fourth-order valence-corrected chi connectivity index (χ4v) is 4.53. The summed E-state index contributed by atoms with van der Waals surface area (Å²) in [5.74, 6) is -0.475. The lowest BCUT2D eigenvalue weighted by atomic mass is 10.2. The van der Waals surface area contributed by atoms with Gasteiger partial charge in [-0.1, -0.05) is 42.2 Å². The fourth-order valence-electron chi connectivity index (χ4n) is 3.23. The van der Waals surface area contributed by atoms with Crippen LogP contribution in [0.2, 0.25) is 0 Å². The average Bonchev–Trinajstić information content (AvgIpc) is 3.11. The van der Waals surface area contributed by atoms with Crippen molar-refractivity contribution in [3.05, 3.63) is 108 Å². The molecule has 0 saturated carbocycles. The van der Waals surface area contributed by atoms with E-state index in [-0.39, 0.29) is 32.1 Å². The number of carbonyl (C=O) groups excluding carboxylic acids is 1. The fraction of sp³-hybridized carbons (Fsp3) is 0. The minimum absolute atomic E-state index is 0.185. The number of hydrogen-bond donors (Lipinski definition) is 0. The Kier molecular flexibility index (Phi) is 6.71. The molecule has 0 bridgehead atoms. The van der Waals surface area contributed by atoms with Crippen LogP contribution in [0.3, 0.4) is 0 Å². The highest BCUT2D eigenvalue weighted by Crippen LogP contribution is 2.38. The van der Waals surface area contributed by atoms with Gasteiger partial charge in [0.1, 0.15) is 5.75 Å². The zero-order valence-corrected chi connectivity index (χ0v) is 19.4. The average molecular weight is 524 g/mol. The van der Waals surface area contributed by atoms with Crippen LogP contribution in [0.1, 0.15) is 5.56 Å². The van der Waals surface area contributed by atoms with Crippen LogP contribution >= 0.6 is 24.0 Å². The summed E-state index contributed by atoms with van der Waals surface area (Å²) in [6.07, 6.45) is 1.54. The largest absolute Gasteiger partial charge is 0.450 e. The molecule has 4 rings (SSSR count). The molecule has 36 heavy (non-hydrogen) atoms. The van der Waals surface area contributed by atoms with Crippen molar-refractivity contribution in [2.45, 2.75) is 0 Å². The molecule has 1 aliphatic heterocycles. The van der Waals surface area contributed by atoms with Gasteiger partial charge < -0.3 is 4.74 Å². The van der Waals surface area contributed by atoms with E-state index in [9.17, 15) is 35.1 Å². The third kappa shape index (κ3) is 5.03. The van der Waals surface area contributed by atoms with Gasteiger partial charge in [-0.05, 0) is 35.9 Å². The summed E-state index contributed by atoms with van der Waals surface area (Å²) in [4.78, 5) is 45.7. The summed E-state index contributed by atoms with van der Waals surface area (Å²) < 4.78 is 5.79. The number of carbonyl (C=O) groups is 1. The molecule has 0 spiro atoms. The second-order valence-electron chi connectivity index (χ2n) is 7.13. The molecule has 3 aromatic carbocycles. The van der Waals surface area contributed by atoms with E-state index in [1.54, 1.807) is 12.1 Å². The van der Waals surface area contributed by atoms with Gasteiger partial charge in [0.05, 0.1) is 31.4 Å². The summed E-state index contributed by atoms with van der Waals surface area (Å²) in [7, 11) is 0. The molecule has 12 nitrogen and oxygen atoms in total. The molecule has 0 atom stereocenters. The van der Waals surface area contributed by atoms with Crippen molar-refractivity contribution >= 4 is 63.0 Å². The van der Waals surface area contributed by atoms with Gasteiger partial charge >= 0.3 is 5.69 Å². The Hall–Kier alpha value is -4.69. The van der Waals surface area contributed by atoms with Crippen LogP contribution in [0.25, 0.3) is 6.08 Å². The molecule has 1 aliphatic rings. The highest BCUT2D eigenvalue weighted by Gasteiger charge is 2.34. The van der Waals surface area contributed by atoms with E-state index in [1.807, 2.05) is 0 Å². The predicted molar refractivity (Wildman–Crippen MR) is 135 cm³/mol. The molecule has 0 aliphatic carbocycles. The molecule has 3 aromatic rings. The molecular formula is C22H12N4O8S2. The summed E-state index contributed by atoms with van der Waals surface area (Å²) in [5, 5.41) is 33.4. The Morgan fingerprint density at radius 2 is 1.56 bits per heavy atom. The molecule has 0 N–H and O–H groups in total. The normalized spacial score (nSPS) is 14.2. The standard InChI is InChI=1S/C22H12N4O8S2/c27-21-20(36-22(35)23(21)14-4-2-5-15(11-14)24(28)29)10-13-3-1-6-17(9-13)34-19-8-7-16(25(30)31)12-18(19)26(32)33/h1-12H/b20-10-. The van der Waals surface area contributed by atoms with Gasteiger partial charge in [0, 0.05) is 18.2 Å². The molecule has 1 fully saturated rings. The molecule has 1 heterocycles. The minimum Gasteiger partial charge on any atom is -0.450 e. The van der Waals surface area contributed by atoms with Gasteiger partial charge in [-0.2, -0.15) is 0 Å². The number of thioether (sulfide) groups is 1. The first kappa shape index (κ1) is 24.4. The summed E-state index contributed by atoms with van der Waals surface area (Å²) >= 11 is 6.31. The van der Waals surface area contributed by atoms with Crippen molar-refractivity contribution in [2.75, 3.05) is 4.90 Å². The number of benzene rings is 3. The Balaban J connectivity index is 1.60. The number of non-ortho nitro benzene ring substituents is 2. The van der Waals surface area contributed by atoms with E-state index >= 15 is 0 Å². The third-order valence-corrected chi connectivity index (χ3v) is 6.13. The number of nitro groups is 3. The predicted octanol–water partition coefficient (Wildman–Crippen LogP) is 5.61. The summed E-state index contributed by atoms with van der Waals surface area (Å²) in [6, 6.07) is 14.9. The lowest BCUT2D eigenvalue weighted by molar-refractivity contribution is -0.394. The molecule has 1 saturated heterocycles. The molecule has 0 radical (unpaired) electrons. The Bertz CT molecular complexity index is 1490. The van der Waals surface area contributed by atoms with Crippen molar-refractivity contribution in [3.63, 3.8) is 0 Å². The first-order valence-electron chi connectivity index (χ1n) is 9.87. The van der Waals surface area contributed by atoms with Gasteiger partial charge in [-0.25, -0.2) is 0 Å². The van der Waals surface area contributed by atoms with Crippen LogP contribution in [-0.2, 0) is 4.79 Å². The van der Waals surface area contributed by atoms with E-state index in [0.29, 0.717) is 5.56 Å². The van der Waals surface area contributed by atoms with Crippen LogP contribution in [-0.4, -0.2) is 25.0 Å². The van der Waals surface area contributed by atoms with E-state index < -0.39 is 32.1 Å². The number of amides is 1. The maximum Gasteiger partial charge on any atom is 0.318 e. The molecule has 0 aromatic heterocycles. The number of rotatable bonds is 7. The van der Waals surface area contributed by atoms with Crippen molar-refractivity contribution in [2.24, 2.45) is 0 Å². The van der Waals surface area contributed by atoms with Gasteiger partial charge in [0.15, 0.2) is 4.32 Å². The molecule has 180 valence electrons. The van der Waals surface area contributed by atoms with Gasteiger partial charge in [0.2, 0.25) is 5.75 Å². The van der Waals surface area contributed by atoms with Crippen molar-refractivity contribution in [1.82, 2.24) is 0 Å². The summed E-state index contributed by atoms with van der Waals surface area (Å²) in [6.45, 7) is 0. The number of hydrogen-bond acceptors (Lipinski definition) is 10.